The average Bonchev–Trinajstić information content (AvgIpc) is 3.28. The van der Waals surface area contributed by atoms with Crippen molar-refractivity contribution < 1.29 is 24.5 Å². The molecule has 41 heavy (non-hydrogen) atoms. The number of hydrogen-bond acceptors (Lipinski definition) is 4. The van der Waals surface area contributed by atoms with E-state index >= 15 is 0 Å². The lowest BCUT2D eigenvalue weighted by Crippen LogP contribution is -2.22. The number of aliphatic hydroxyl groups is 3. The fraction of sp³-hybridized carbons (Fsp3) is 0.343. The Kier molecular flexibility index (Phi) is 10.3. The molecule has 5 nitrogen and oxygen atoms in total. The van der Waals surface area contributed by atoms with Crippen LogP contribution in [0.15, 0.2) is 84.9 Å². The second-order valence-corrected chi connectivity index (χ2v) is 11.1. The quantitative estimate of drug-likeness (QED) is 0.168. The van der Waals surface area contributed by atoms with Crippen molar-refractivity contribution in [3.8, 4) is 22.4 Å². The first-order chi connectivity index (χ1) is 19.7. The van der Waals surface area contributed by atoms with Gasteiger partial charge >= 0.3 is 0 Å². The monoisotopic (exact) mass is 557 g/mol. The molecule has 3 N–H and O–H groups in total. The summed E-state index contributed by atoms with van der Waals surface area (Å²) in [5.41, 5.74) is 6.25. The third-order valence-electron chi connectivity index (χ3n) is 7.43. The predicted molar refractivity (Wildman–Crippen MR) is 161 cm³/mol. The molecule has 3 aromatic carbocycles. The van der Waals surface area contributed by atoms with Crippen molar-refractivity contribution in [2.75, 3.05) is 0 Å². The zero-order valence-electron chi connectivity index (χ0n) is 24.0. The number of ketones is 1. The van der Waals surface area contributed by atoms with Gasteiger partial charge in [0.2, 0.25) is 0 Å². The van der Waals surface area contributed by atoms with Crippen LogP contribution in [-0.2, 0) is 17.8 Å². The van der Waals surface area contributed by atoms with Gasteiger partial charge in [0.05, 0.1) is 24.0 Å². The van der Waals surface area contributed by atoms with Crippen LogP contribution >= 0.6 is 0 Å². The van der Waals surface area contributed by atoms with Crippen LogP contribution in [0, 0.1) is 5.82 Å². The molecular formula is C35H40FNO4. The Bertz CT molecular complexity index is 1410. The minimum absolute atomic E-state index is 0.00658. The summed E-state index contributed by atoms with van der Waals surface area (Å²) in [6, 6.07) is 26.1. The summed E-state index contributed by atoms with van der Waals surface area (Å²) in [7, 11) is 0. The molecule has 1 heterocycles. The maximum Gasteiger partial charge on any atom is 0.132 e. The first kappa shape index (κ1) is 30.4. The van der Waals surface area contributed by atoms with Gasteiger partial charge < -0.3 is 19.9 Å². The van der Waals surface area contributed by atoms with Crippen molar-refractivity contribution >= 4 is 5.78 Å². The highest BCUT2D eigenvalue weighted by Crippen LogP contribution is 2.45. The van der Waals surface area contributed by atoms with Gasteiger partial charge in [0.15, 0.2) is 0 Å². The van der Waals surface area contributed by atoms with Gasteiger partial charge in [-0.05, 0) is 66.6 Å². The second kappa shape index (κ2) is 13.9. The zero-order valence-corrected chi connectivity index (χ0v) is 24.0. The van der Waals surface area contributed by atoms with Crippen LogP contribution in [-0.4, -0.2) is 37.9 Å². The molecule has 6 heteroatoms. The molecule has 1 unspecified atom stereocenters. The molecular weight excluding hydrogens is 517 g/mol. The van der Waals surface area contributed by atoms with Gasteiger partial charge in [-0.15, -0.1) is 0 Å². The van der Waals surface area contributed by atoms with Crippen LogP contribution in [0.4, 0.5) is 4.39 Å². The smallest absolute Gasteiger partial charge is 0.132 e. The molecule has 0 saturated heterocycles. The molecule has 216 valence electrons. The molecule has 0 aliphatic rings. The van der Waals surface area contributed by atoms with Crippen LogP contribution in [0.1, 0.15) is 68.9 Å². The fourth-order valence-corrected chi connectivity index (χ4v) is 5.72. The lowest BCUT2D eigenvalue weighted by atomic mass is 9.89. The highest BCUT2D eigenvalue weighted by atomic mass is 19.1. The van der Waals surface area contributed by atoms with Gasteiger partial charge in [-0.3, -0.25) is 4.79 Å². The van der Waals surface area contributed by atoms with Crippen molar-refractivity contribution in [2.45, 2.75) is 77.2 Å². The molecule has 0 bridgehead atoms. The van der Waals surface area contributed by atoms with Gasteiger partial charge in [-0.25, -0.2) is 4.39 Å². The number of carbonyl (C=O) groups is 1. The van der Waals surface area contributed by atoms with Crippen LogP contribution in [0.3, 0.4) is 0 Å². The minimum Gasteiger partial charge on any atom is -0.393 e. The number of hydrogen-bond donors (Lipinski definition) is 3. The molecule has 0 aliphatic heterocycles. The number of aliphatic hydroxyl groups excluding tert-OH is 3. The predicted octanol–water partition coefficient (Wildman–Crippen LogP) is 6.84. The average molecular weight is 558 g/mol. The molecule has 4 aromatic rings. The Labute approximate surface area is 241 Å². The summed E-state index contributed by atoms with van der Waals surface area (Å²) in [6.45, 7) is 6.00. The molecule has 3 atom stereocenters. The zero-order chi connectivity index (χ0) is 29.5. The van der Waals surface area contributed by atoms with Gasteiger partial charge in [0.1, 0.15) is 11.6 Å². The molecule has 0 saturated carbocycles. The van der Waals surface area contributed by atoms with Crippen molar-refractivity contribution in [1.82, 2.24) is 4.57 Å². The molecule has 1 aromatic heterocycles. The van der Waals surface area contributed by atoms with Crippen LogP contribution in [0.5, 0.6) is 0 Å². The molecule has 0 radical (unpaired) electrons. The summed E-state index contributed by atoms with van der Waals surface area (Å²) < 4.78 is 16.2. The molecule has 0 spiro atoms. The van der Waals surface area contributed by atoms with E-state index in [1.165, 1.54) is 19.1 Å². The number of Topliss-reactive ketones (excluding diaryl/α,β-unsaturated/α-hetero) is 1. The number of nitrogens with zero attached hydrogens (tertiary/aromatic N) is 1. The van der Waals surface area contributed by atoms with E-state index < -0.39 is 18.3 Å². The van der Waals surface area contributed by atoms with E-state index in [1.54, 1.807) is 12.1 Å². The Balaban J connectivity index is 1.88. The highest BCUT2D eigenvalue weighted by molar-refractivity contribution is 5.86. The minimum atomic E-state index is -0.906. The summed E-state index contributed by atoms with van der Waals surface area (Å²) in [6.07, 6.45) is -1.69. The standard InChI is InChI=1S/C35H40FNO4/c1-23(2)34-33(31(41)21-25-10-6-4-7-11-25)32(26-12-8-5-9-13-26)35(27-14-16-28(36)17-15-27)37(34)19-18-29(39)22-30(40)20-24(3)38/h4-17,23,29-31,39-41H,18-22H2,1-3H3/t29-,30-,31?/m1/s1. The van der Waals surface area contributed by atoms with E-state index in [1.807, 2.05) is 60.7 Å². The lowest BCUT2D eigenvalue weighted by molar-refractivity contribution is -0.119. The van der Waals surface area contributed by atoms with E-state index in [0.29, 0.717) is 19.4 Å². The van der Waals surface area contributed by atoms with Gasteiger partial charge in [-0.2, -0.15) is 0 Å². The topological polar surface area (TPSA) is 82.7 Å². The summed E-state index contributed by atoms with van der Waals surface area (Å²) in [5, 5.41) is 32.9. The normalized spacial score (nSPS) is 13.8. The van der Waals surface area contributed by atoms with Gasteiger partial charge in [0.25, 0.3) is 0 Å². The highest BCUT2D eigenvalue weighted by Gasteiger charge is 2.30. The van der Waals surface area contributed by atoms with Gasteiger partial charge in [0, 0.05) is 36.2 Å². The molecule has 0 aliphatic carbocycles. The van der Waals surface area contributed by atoms with E-state index in [9.17, 15) is 24.5 Å². The van der Waals surface area contributed by atoms with Crippen LogP contribution in [0.2, 0.25) is 0 Å². The van der Waals surface area contributed by atoms with E-state index in [0.717, 1.165) is 39.2 Å². The Morgan fingerprint density at radius 2 is 1.44 bits per heavy atom. The van der Waals surface area contributed by atoms with E-state index in [2.05, 4.69) is 18.4 Å². The fourth-order valence-electron chi connectivity index (χ4n) is 5.72. The lowest BCUT2D eigenvalue weighted by Gasteiger charge is -2.21. The third kappa shape index (κ3) is 7.59. The Morgan fingerprint density at radius 1 is 0.829 bits per heavy atom. The van der Waals surface area contributed by atoms with Crippen molar-refractivity contribution in [3.05, 3.63) is 108 Å². The maximum atomic E-state index is 14.0. The van der Waals surface area contributed by atoms with E-state index in [4.69, 9.17) is 0 Å². The Morgan fingerprint density at radius 3 is 2.02 bits per heavy atom. The summed E-state index contributed by atoms with van der Waals surface area (Å²) in [4.78, 5) is 11.4. The van der Waals surface area contributed by atoms with Crippen molar-refractivity contribution in [2.24, 2.45) is 0 Å². The second-order valence-electron chi connectivity index (χ2n) is 11.1. The van der Waals surface area contributed by atoms with E-state index in [-0.39, 0.29) is 30.4 Å². The number of halogens is 1. The van der Waals surface area contributed by atoms with Crippen molar-refractivity contribution in [3.63, 3.8) is 0 Å². The first-order valence-corrected chi connectivity index (χ1v) is 14.3. The van der Waals surface area contributed by atoms with Gasteiger partial charge in [-0.1, -0.05) is 74.5 Å². The third-order valence-corrected chi connectivity index (χ3v) is 7.43. The molecule has 4 rings (SSSR count). The molecule has 0 amide bonds. The number of carbonyl (C=O) groups excluding carboxylic acids is 1. The summed E-state index contributed by atoms with van der Waals surface area (Å²) >= 11 is 0. The number of rotatable bonds is 13. The maximum absolute atomic E-state index is 14.0. The summed E-state index contributed by atoms with van der Waals surface area (Å²) in [5.74, 6) is -0.440. The Hall–Kier alpha value is -3.58. The van der Waals surface area contributed by atoms with Crippen LogP contribution < -0.4 is 0 Å². The SMILES string of the molecule is CC(=O)C[C@@H](O)C[C@H](O)CCn1c(-c2ccc(F)cc2)c(-c2ccccc2)c(C(O)Cc2ccccc2)c1C(C)C. The number of aromatic nitrogens is 1. The molecule has 0 fully saturated rings. The van der Waals surface area contributed by atoms with Crippen LogP contribution in [0.25, 0.3) is 22.4 Å². The first-order valence-electron chi connectivity index (χ1n) is 14.3. The number of benzene rings is 3. The van der Waals surface area contributed by atoms with Crippen molar-refractivity contribution in [1.29, 1.82) is 0 Å². The largest absolute Gasteiger partial charge is 0.393 e.